The molecule has 0 unspecified atom stereocenters. The third kappa shape index (κ3) is 3.15. The first kappa shape index (κ1) is 13.6. The van der Waals surface area contributed by atoms with Crippen LogP contribution in [-0.4, -0.2) is 9.55 Å². The van der Waals surface area contributed by atoms with Crippen LogP contribution in [0.25, 0.3) is 0 Å². The fourth-order valence-corrected chi connectivity index (χ4v) is 1.95. The minimum atomic E-state index is -0.131. The summed E-state index contributed by atoms with van der Waals surface area (Å²) in [6.45, 7) is 3.92. The predicted octanol–water partition coefficient (Wildman–Crippen LogP) is 3.31. The summed E-state index contributed by atoms with van der Waals surface area (Å²) in [5.74, 6) is 0.761. The maximum Gasteiger partial charge on any atom is 0.293 e. The fraction of sp³-hybridized carbons (Fsp3) is 0.286. The summed E-state index contributed by atoms with van der Waals surface area (Å²) in [5, 5.41) is 3.04. The van der Waals surface area contributed by atoms with E-state index in [0.29, 0.717) is 11.7 Å². The Kier molecular flexibility index (Phi) is 4.22. The Morgan fingerprint density at radius 1 is 1.42 bits per heavy atom. The van der Waals surface area contributed by atoms with Crippen molar-refractivity contribution < 1.29 is 0 Å². The van der Waals surface area contributed by atoms with Gasteiger partial charge in [0.25, 0.3) is 5.56 Å². The summed E-state index contributed by atoms with van der Waals surface area (Å²) in [4.78, 5) is 16.3. The molecule has 0 bridgehead atoms. The van der Waals surface area contributed by atoms with E-state index in [-0.39, 0.29) is 11.6 Å². The van der Waals surface area contributed by atoms with Crippen LogP contribution in [0.1, 0.15) is 25.5 Å². The monoisotopic (exact) mass is 277 g/mol. The van der Waals surface area contributed by atoms with Gasteiger partial charge in [-0.25, -0.2) is 4.98 Å². The van der Waals surface area contributed by atoms with Crippen LogP contribution in [0.2, 0.25) is 0 Å². The number of benzene rings is 1. The van der Waals surface area contributed by atoms with Crippen LogP contribution in [0.5, 0.6) is 0 Å². The van der Waals surface area contributed by atoms with Crippen molar-refractivity contribution in [1.29, 1.82) is 0 Å². The smallest absolute Gasteiger partial charge is 0.293 e. The quantitative estimate of drug-likeness (QED) is 0.872. The van der Waals surface area contributed by atoms with Crippen LogP contribution in [-0.2, 0) is 5.88 Å². The van der Waals surface area contributed by atoms with Gasteiger partial charge in [0, 0.05) is 30.0 Å². The Hall–Kier alpha value is -1.81. The minimum Gasteiger partial charge on any atom is -0.336 e. The topological polar surface area (TPSA) is 46.9 Å². The van der Waals surface area contributed by atoms with E-state index in [4.69, 9.17) is 11.6 Å². The molecule has 100 valence electrons. The van der Waals surface area contributed by atoms with Crippen molar-refractivity contribution in [3.05, 3.63) is 52.6 Å². The van der Waals surface area contributed by atoms with Gasteiger partial charge in [0.05, 0.1) is 0 Å². The van der Waals surface area contributed by atoms with E-state index in [2.05, 4.69) is 10.3 Å². The lowest BCUT2D eigenvalue weighted by Crippen LogP contribution is -2.24. The van der Waals surface area contributed by atoms with Crippen molar-refractivity contribution in [3.63, 3.8) is 0 Å². The molecule has 19 heavy (non-hydrogen) atoms. The number of hydrogen-bond donors (Lipinski definition) is 1. The van der Waals surface area contributed by atoms with Crippen molar-refractivity contribution in [1.82, 2.24) is 9.55 Å². The fourth-order valence-electron chi connectivity index (χ4n) is 1.79. The van der Waals surface area contributed by atoms with Crippen LogP contribution in [0.3, 0.4) is 0 Å². The Morgan fingerprint density at radius 3 is 2.89 bits per heavy atom. The largest absolute Gasteiger partial charge is 0.336 e. The Labute approximate surface area is 117 Å². The molecule has 0 radical (unpaired) electrons. The molecule has 0 aliphatic heterocycles. The summed E-state index contributed by atoms with van der Waals surface area (Å²) in [6.07, 6.45) is 3.31. The number of nitrogens with one attached hydrogen (secondary N) is 1. The van der Waals surface area contributed by atoms with E-state index >= 15 is 0 Å². The van der Waals surface area contributed by atoms with Crippen molar-refractivity contribution in [2.45, 2.75) is 25.8 Å². The lowest BCUT2D eigenvalue weighted by Gasteiger charge is -2.12. The molecule has 0 spiro atoms. The van der Waals surface area contributed by atoms with Crippen molar-refractivity contribution in [3.8, 4) is 0 Å². The average molecular weight is 278 g/mol. The molecule has 2 rings (SSSR count). The summed E-state index contributed by atoms with van der Waals surface area (Å²) < 4.78 is 1.64. The zero-order valence-corrected chi connectivity index (χ0v) is 11.7. The second-order valence-corrected chi connectivity index (χ2v) is 4.81. The van der Waals surface area contributed by atoms with Crippen molar-refractivity contribution >= 4 is 23.1 Å². The molecule has 1 aromatic carbocycles. The highest BCUT2D eigenvalue weighted by Crippen LogP contribution is 2.15. The van der Waals surface area contributed by atoms with Crippen LogP contribution >= 0.6 is 11.6 Å². The molecule has 0 aliphatic rings. The Morgan fingerprint density at radius 2 is 2.21 bits per heavy atom. The van der Waals surface area contributed by atoms with Gasteiger partial charge in [-0.1, -0.05) is 12.1 Å². The third-order valence-corrected chi connectivity index (χ3v) is 3.08. The van der Waals surface area contributed by atoms with E-state index in [1.54, 1.807) is 17.0 Å². The molecule has 0 saturated heterocycles. The first-order chi connectivity index (χ1) is 9.11. The van der Waals surface area contributed by atoms with Gasteiger partial charge in [-0.05, 0) is 31.5 Å². The lowest BCUT2D eigenvalue weighted by atomic mass is 10.2. The number of aromatic nitrogens is 2. The molecule has 0 amide bonds. The van der Waals surface area contributed by atoms with E-state index < -0.39 is 0 Å². The summed E-state index contributed by atoms with van der Waals surface area (Å²) >= 11 is 5.79. The first-order valence-electron chi connectivity index (χ1n) is 6.11. The van der Waals surface area contributed by atoms with Gasteiger partial charge in [-0.15, -0.1) is 11.6 Å². The number of rotatable bonds is 4. The average Bonchev–Trinajstić information content (AvgIpc) is 2.41. The van der Waals surface area contributed by atoms with Gasteiger partial charge >= 0.3 is 0 Å². The molecule has 1 N–H and O–H groups in total. The maximum atomic E-state index is 12.2. The molecule has 0 fully saturated rings. The number of alkyl halides is 1. The predicted molar refractivity (Wildman–Crippen MR) is 78.2 cm³/mol. The van der Waals surface area contributed by atoms with Gasteiger partial charge in [0.1, 0.15) is 0 Å². The number of halogens is 1. The number of nitrogens with zero attached hydrogens (tertiary/aromatic N) is 2. The molecule has 1 aromatic heterocycles. The van der Waals surface area contributed by atoms with E-state index in [9.17, 15) is 4.79 Å². The second kappa shape index (κ2) is 5.89. The van der Waals surface area contributed by atoms with E-state index in [1.165, 1.54) is 0 Å². The van der Waals surface area contributed by atoms with Gasteiger partial charge in [0.15, 0.2) is 5.82 Å². The molecule has 0 atom stereocenters. The zero-order chi connectivity index (χ0) is 13.8. The Bertz CT molecular complexity index is 622. The molecule has 4 nitrogen and oxygen atoms in total. The van der Waals surface area contributed by atoms with Gasteiger partial charge in [-0.3, -0.25) is 4.79 Å². The first-order valence-corrected chi connectivity index (χ1v) is 6.64. The highest BCUT2D eigenvalue weighted by atomic mass is 35.5. The van der Waals surface area contributed by atoms with E-state index in [1.807, 2.05) is 38.1 Å². The lowest BCUT2D eigenvalue weighted by molar-refractivity contribution is 0.576. The van der Waals surface area contributed by atoms with Gasteiger partial charge in [0.2, 0.25) is 0 Å². The highest BCUT2D eigenvalue weighted by Gasteiger charge is 2.07. The minimum absolute atomic E-state index is 0.102. The summed E-state index contributed by atoms with van der Waals surface area (Å²) in [6, 6.07) is 7.71. The Balaban J connectivity index is 2.33. The summed E-state index contributed by atoms with van der Waals surface area (Å²) in [7, 11) is 0. The zero-order valence-electron chi connectivity index (χ0n) is 10.9. The number of anilines is 2. The second-order valence-electron chi connectivity index (χ2n) is 4.54. The van der Waals surface area contributed by atoms with Crippen molar-refractivity contribution in [2.75, 3.05) is 5.32 Å². The molecule has 0 saturated carbocycles. The van der Waals surface area contributed by atoms with Gasteiger partial charge < -0.3 is 9.88 Å². The van der Waals surface area contributed by atoms with E-state index in [0.717, 1.165) is 11.3 Å². The normalized spacial score (nSPS) is 10.7. The van der Waals surface area contributed by atoms with Crippen LogP contribution in [0.4, 0.5) is 11.5 Å². The third-order valence-electron chi connectivity index (χ3n) is 2.77. The van der Waals surface area contributed by atoms with Crippen molar-refractivity contribution in [2.24, 2.45) is 0 Å². The molecule has 1 heterocycles. The van der Waals surface area contributed by atoms with Crippen LogP contribution in [0, 0.1) is 0 Å². The SMILES string of the molecule is CC(C)n1ccnc(Nc2cccc(CCl)c2)c1=O. The summed E-state index contributed by atoms with van der Waals surface area (Å²) in [5.41, 5.74) is 1.67. The molecule has 5 heteroatoms. The number of hydrogen-bond acceptors (Lipinski definition) is 3. The van der Waals surface area contributed by atoms with Crippen LogP contribution < -0.4 is 10.9 Å². The molecule has 2 aromatic rings. The standard InChI is InChI=1S/C14H16ClN3O/c1-10(2)18-7-6-16-13(14(18)19)17-12-5-3-4-11(8-12)9-15/h3-8,10H,9H2,1-2H3,(H,16,17). The van der Waals surface area contributed by atoms with Gasteiger partial charge in [-0.2, -0.15) is 0 Å². The molecular formula is C14H16ClN3O. The van der Waals surface area contributed by atoms with Crippen LogP contribution in [0.15, 0.2) is 41.5 Å². The molecule has 0 aliphatic carbocycles. The molecular weight excluding hydrogens is 262 g/mol. The highest BCUT2D eigenvalue weighted by molar-refractivity contribution is 6.17. The maximum absolute atomic E-state index is 12.2.